The van der Waals surface area contributed by atoms with Gasteiger partial charge in [0.1, 0.15) is 5.65 Å². The number of rotatable bonds is 7. The van der Waals surface area contributed by atoms with E-state index < -0.39 is 18.9 Å². The monoisotopic (exact) mass is 413 g/mol. The number of pyridine rings is 1. The quantitative estimate of drug-likeness (QED) is 0.431. The number of halogens is 2. The molecule has 1 atom stereocenters. The standard InChI is InChI=1S/C20H21F2N7O/c1-3-11(2)27-20-25-8-14-13(7-23-18(14)28-20)12-4-5-29-16(6-12)15(9-26-29)19(30)24-10-17(21)22/h4-9,11,17H,3,10H2,1-2H3,(H,24,30)(H2,23,25,27,28)/t11-/m0/s1. The number of hydrogen-bond acceptors (Lipinski definition) is 5. The first-order valence-electron chi connectivity index (χ1n) is 9.61. The number of nitrogens with one attached hydrogen (secondary N) is 3. The van der Waals surface area contributed by atoms with Crippen LogP contribution in [0.1, 0.15) is 30.6 Å². The zero-order valence-electron chi connectivity index (χ0n) is 16.5. The van der Waals surface area contributed by atoms with Gasteiger partial charge in [-0.1, -0.05) is 6.92 Å². The molecule has 4 rings (SSSR count). The first-order valence-corrected chi connectivity index (χ1v) is 9.61. The van der Waals surface area contributed by atoms with Crippen molar-refractivity contribution in [2.24, 2.45) is 0 Å². The Labute approximate surface area is 170 Å². The fourth-order valence-corrected chi connectivity index (χ4v) is 3.13. The molecule has 30 heavy (non-hydrogen) atoms. The Kier molecular flexibility index (Phi) is 5.30. The number of H-pyrrole nitrogens is 1. The molecule has 10 heteroatoms. The second kappa shape index (κ2) is 8.05. The normalized spacial score (nSPS) is 12.6. The minimum Gasteiger partial charge on any atom is -0.352 e. The maximum atomic E-state index is 12.4. The van der Waals surface area contributed by atoms with Crippen molar-refractivity contribution in [2.75, 3.05) is 11.9 Å². The number of carbonyl (C=O) groups excluding carboxylic acids is 1. The molecule has 1 amide bonds. The van der Waals surface area contributed by atoms with Crippen LogP contribution in [0.5, 0.6) is 0 Å². The van der Waals surface area contributed by atoms with Crippen molar-refractivity contribution < 1.29 is 13.6 Å². The van der Waals surface area contributed by atoms with Crippen molar-refractivity contribution in [3.63, 3.8) is 0 Å². The van der Waals surface area contributed by atoms with E-state index >= 15 is 0 Å². The maximum absolute atomic E-state index is 12.4. The van der Waals surface area contributed by atoms with E-state index in [0.29, 0.717) is 17.1 Å². The Morgan fingerprint density at radius 2 is 2.17 bits per heavy atom. The molecular formula is C20H21F2N7O. The molecule has 4 heterocycles. The molecule has 156 valence electrons. The lowest BCUT2D eigenvalue weighted by molar-refractivity contribution is 0.0893. The van der Waals surface area contributed by atoms with Crippen LogP contribution in [0.2, 0.25) is 0 Å². The molecule has 0 fully saturated rings. The summed E-state index contributed by atoms with van der Waals surface area (Å²) in [6.07, 6.45) is 4.99. The number of amides is 1. The molecule has 3 N–H and O–H groups in total. The summed E-state index contributed by atoms with van der Waals surface area (Å²) in [5.74, 6) is -0.0417. The summed E-state index contributed by atoms with van der Waals surface area (Å²) in [5, 5.41) is 10.4. The van der Waals surface area contributed by atoms with Crippen molar-refractivity contribution >= 4 is 28.4 Å². The van der Waals surface area contributed by atoms with Crippen molar-refractivity contribution in [2.45, 2.75) is 32.7 Å². The fraction of sp³-hybridized carbons (Fsp3) is 0.300. The highest BCUT2D eigenvalue weighted by Gasteiger charge is 2.16. The molecule has 0 saturated carbocycles. The topological polar surface area (TPSA) is 100 Å². The summed E-state index contributed by atoms with van der Waals surface area (Å²) in [7, 11) is 0. The number of alkyl halides is 2. The number of nitrogens with zero attached hydrogens (tertiary/aromatic N) is 4. The van der Waals surface area contributed by atoms with Gasteiger partial charge in [-0.25, -0.2) is 18.3 Å². The van der Waals surface area contributed by atoms with E-state index in [9.17, 15) is 13.6 Å². The van der Waals surface area contributed by atoms with Crippen LogP contribution in [-0.2, 0) is 0 Å². The maximum Gasteiger partial charge on any atom is 0.255 e. The van der Waals surface area contributed by atoms with Gasteiger partial charge in [-0.3, -0.25) is 4.79 Å². The number of carbonyl (C=O) groups is 1. The highest BCUT2D eigenvalue weighted by Crippen LogP contribution is 2.29. The van der Waals surface area contributed by atoms with Gasteiger partial charge in [0, 0.05) is 35.6 Å². The molecule has 8 nitrogen and oxygen atoms in total. The average molecular weight is 413 g/mol. The second-order valence-electron chi connectivity index (χ2n) is 7.02. The summed E-state index contributed by atoms with van der Waals surface area (Å²) in [5.41, 5.74) is 3.12. The Morgan fingerprint density at radius 1 is 1.33 bits per heavy atom. The zero-order chi connectivity index (χ0) is 21.3. The smallest absolute Gasteiger partial charge is 0.255 e. The molecule has 0 spiro atoms. The molecule has 0 aliphatic carbocycles. The minimum atomic E-state index is -2.61. The van der Waals surface area contributed by atoms with Gasteiger partial charge in [0.25, 0.3) is 12.3 Å². The molecule has 4 aromatic rings. The van der Waals surface area contributed by atoms with E-state index in [4.69, 9.17) is 0 Å². The van der Waals surface area contributed by atoms with E-state index in [1.807, 2.05) is 12.3 Å². The lowest BCUT2D eigenvalue weighted by atomic mass is 10.1. The average Bonchev–Trinajstić information content (AvgIpc) is 3.35. The first-order chi connectivity index (χ1) is 14.5. The predicted octanol–water partition coefficient (Wildman–Crippen LogP) is 3.48. The number of hydrogen-bond donors (Lipinski definition) is 3. The summed E-state index contributed by atoms with van der Waals surface area (Å²) >= 11 is 0. The molecule has 0 aromatic carbocycles. The van der Waals surface area contributed by atoms with Crippen LogP contribution in [0.3, 0.4) is 0 Å². The van der Waals surface area contributed by atoms with Gasteiger partial charge in [-0.15, -0.1) is 0 Å². The summed E-state index contributed by atoms with van der Waals surface area (Å²) in [6, 6.07) is 3.91. The Balaban J connectivity index is 1.68. The van der Waals surface area contributed by atoms with Gasteiger partial charge in [0.15, 0.2) is 0 Å². The molecule has 0 unspecified atom stereocenters. The van der Waals surface area contributed by atoms with Gasteiger partial charge < -0.3 is 15.6 Å². The third-order valence-electron chi connectivity index (χ3n) is 4.91. The Morgan fingerprint density at radius 3 is 2.93 bits per heavy atom. The zero-order valence-corrected chi connectivity index (χ0v) is 16.5. The van der Waals surface area contributed by atoms with Gasteiger partial charge in [0.05, 0.1) is 23.8 Å². The molecule has 0 radical (unpaired) electrons. The molecular weight excluding hydrogens is 392 g/mol. The third kappa shape index (κ3) is 3.80. The molecule has 0 aliphatic heterocycles. The summed E-state index contributed by atoms with van der Waals surface area (Å²) in [6.45, 7) is 3.43. The number of fused-ring (bicyclic) bond motifs is 2. The largest absolute Gasteiger partial charge is 0.352 e. The molecule has 4 aromatic heterocycles. The van der Waals surface area contributed by atoms with Crippen LogP contribution in [-0.4, -0.2) is 49.5 Å². The van der Waals surface area contributed by atoms with E-state index in [2.05, 4.69) is 44.5 Å². The second-order valence-corrected chi connectivity index (χ2v) is 7.02. The lowest BCUT2D eigenvalue weighted by Gasteiger charge is -2.10. The number of aromatic amines is 1. The number of anilines is 1. The lowest BCUT2D eigenvalue weighted by Crippen LogP contribution is -2.28. The van der Waals surface area contributed by atoms with Crippen molar-refractivity contribution in [3.05, 3.63) is 42.5 Å². The molecule has 0 saturated heterocycles. The van der Waals surface area contributed by atoms with Crippen molar-refractivity contribution in [1.82, 2.24) is 29.9 Å². The van der Waals surface area contributed by atoms with Crippen molar-refractivity contribution in [1.29, 1.82) is 0 Å². The van der Waals surface area contributed by atoms with Crippen LogP contribution in [0.15, 0.2) is 36.9 Å². The van der Waals surface area contributed by atoms with Crippen LogP contribution >= 0.6 is 0 Å². The minimum absolute atomic E-state index is 0.230. The van der Waals surface area contributed by atoms with Crippen LogP contribution in [0.25, 0.3) is 27.7 Å². The van der Waals surface area contributed by atoms with Crippen LogP contribution in [0.4, 0.5) is 14.7 Å². The number of aromatic nitrogens is 5. The van der Waals surface area contributed by atoms with E-state index in [0.717, 1.165) is 22.9 Å². The Hall–Kier alpha value is -3.56. The third-order valence-corrected chi connectivity index (χ3v) is 4.91. The van der Waals surface area contributed by atoms with E-state index in [-0.39, 0.29) is 11.6 Å². The molecule has 0 aliphatic rings. The Bertz CT molecular complexity index is 1200. The van der Waals surface area contributed by atoms with E-state index in [1.54, 1.807) is 18.5 Å². The van der Waals surface area contributed by atoms with Crippen molar-refractivity contribution in [3.8, 4) is 11.1 Å². The highest BCUT2D eigenvalue weighted by atomic mass is 19.3. The SMILES string of the molecule is CC[C@H](C)Nc1ncc2c(-c3ccn4ncc(C(=O)NCC(F)F)c4c3)c[nH]c2n1. The van der Waals surface area contributed by atoms with Crippen LogP contribution < -0.4 is 10.6 Å². The summed E-state index contributed by atoms with van der Waals surface area (Å²) in [4.78, 5) is 24.3. The highest BCUT2D eigenvalue weighted by molar-refractivity contribution is 6.02. The molecule has 0 bridgehead atoms. The summed E-state index contributed by atoms with van der Waals surface area (Å²) < 4.78 is 26.4. The van der Waals surface area contributed by atoms with E-state index in [1.165, 1.54) is 10.7 Å². The van der Waals surface area contributed by atoms with Gasteiger partial charge in [-0.2, -0.15) is 10.1 Å². The first kappa shape index (κ1) is 19.7. The van der Waals surface area contributed by atoms with Gasteiger partial charge >= 0.3 is 0 Å². The fourth-order valence-electron chi connectivity index (χ4n) is 3.13. The van der Waals surface area contributed by atoms with Gasteiger partial charge in [-0.05, 0) is 31.0 Å². The van der Waals surface area contributed by atoms with Gasteiger partial charge in [0.2, 0.25) is 5.95 Å². The predicted molar refractivity (Wildman–Crippen MR) is 110 cm³/mol. The van der Waals surface area contributed by atoms with Crippen LogP contribution in [0, 0.1) is 0 Å².